The lowest BCUT2D eigenvalue weighted by Crippen LogP contribution is -2.36. The minimum absolute atomic E-state index is 0.185. The van der Waals surface area contributed by atoms with E-state index < -0.39 is 0 Å². The Morgan fingerprint density at radius 1 is 1.32 bits per heavy atom. The summed E-state index contributed by atoms with van der Waals surface area (Å²) in [5.74, 6) is 0.185. The van der Waals surface area contributed by atoms with E-state index >= 15 is 0 Å². The largest absolute Gasteiger partial charge is 0.306 e. The fraction of sp³-hybridized carbons (Fsp3) is 0.688. The second kappa shape index (κ2) is 6.54. The molecule has 3 heteroatoms. The van der Waals surface area contributed by atoms with E-state index in [2.05, 4.69) is 38.2 Å². The van der Waals surface area contributed by atoms with Crippen LogP contribution in [0, 0.1) is 31.1 Å². The molecular formula is C16H24N2S. The Hall–Kier alpha value is -0.850. The fourth-order valence-corrected chi connectivity index (χ4v) is 4.18. The molecule has 0 saturated heterocycles. The van der Waals surface area contributed by atoms with Gasteiger partial charge in [-0.3, -0.25) is 0 Å². The van der Waals surface area contributed by atoms with E-state index in [9.17, 15) is 5.26 Å². The predicted molar refractivity (Wildman–Crippen MR) is 81.3 cm³/mol. The molecule has 3 unspecified atom stereocenters. The summed E-state index contributed by atoms with van der Waals surface area (Å²) in [4.78, 5) is 2.78. The summed E-state index contributed by atoms with van der Waals surface area (Å²) in [5.41, 5.74) is 1.41. The van der Waals surface area contributed by atoms with Crippen LogP contribution in [-0.4, -0.2) is 6.04 Å². The molecule has 1 saturated carbocycles. The predicted octanol–water partition coefficient (Wildman–Crippen LogP) is 4.49. The highest BCUT2D eigenvalue weighted by Gasteiger charge is 2.25. The van der Waals surface area contributed by atoms with E-state index in [1.54, 1.807) is 0 Å². The van der Waals surface area contributed by atoms with Crippen molar-refractivity contribution < 1.29 is 0 Å². The summed E-state index contributed by atoms with van der Waals surface area (Å²) < 4.78 is 0. The Labute approximate surface area is 120 Å². The first-order chi connectivity index (χ1) is 9.11. The number of nitrogens with zero attached hydrogens (tertiary/aromatic N) is 1. The number of hydrogen-bond donors (Lipinski definition) is 1. The van der Waals surface area contributed by atoms with Gasteiger partial charge in [0.1, 0.15) is 0 Å². The monoisotopic (exact) mass is 276 g/mol. The first-order valence-electron chi connectivity index (χ1n) is 7.34. The molecule has 2 rings (SSSR count). The molecule has 1 aliphatic rings. The Morgan fingerprint density at radius 2 is 2.05 bits per heavy atom. The van der Waals surface area contributed by atoms with Gasteiger partial charge in [0.2, 0.25) is 0 Å². The lowest BCUT2D eigenvalue weighted by molar-refractivity contribution is 0.361. The molecule has 0 amide bonds. The van der Waals surface area contributed by atoms with E-state index in [1.807, 2.05) is 11.3 Å². The van der Waals surface area contributed by atoms with E-state index in [0.717, 1.165) is 12.8 Å². The molecule has 0 radical (unpaired) electrons. The van der Waals surface area contributed by atoms with Crippen LogP contribution >= 0.6 is 11.3 Å². The maximum atomic E-state index is 9.34. The van der Waals surface area contributed by atoms with Crippen LogP contribution in [0.15, 0.2) is 6.07 Å². The van der Waals surface area contributed by atoms with Crippen molar-refractivity contribution in [3.63, 3.8) is 0 Å². The van der Waals surface area contributed by atoms with Crippen LogP contribution in [0.2, 0.25) is 0 Å². The number of nitriles is 1. The highest BCUT2D eigenvalue weighted by molar-refractivity contribution is 7.12. The van der Waals surface area contributed by atoms with Crippen molar-refractivity contribution in [3.05, 3.63) is 21.4 Å². The molecular weight excluding hydrogens is 252 g/mol. The lowest BCUT2D eigenvalue weighted by Gasteiger charge is -2.25. The van der Waals surface area contributed by atoms with Gasteiger partial charge in [-0.1, -0.05) is 19.3 Å². The number of hydrogen-bond acceptors (Lipinski definition) is 3. The van der Waals surface area contributed by atoms with Gasteiger partial charge in [0.25, 0.3) is 0 Å². The maximum absolute atomic E-state index is 9.34. The van der Waals surface area contributed by atoms with Gasteiger partial charge in [0.05, 0.1) is 12.0 Å². The summed E-state index contributed by atoms with van der Waals surface area (Å²) in [6, 6.07) is 5.51. The zero-order valence-electron chi connectivity index (χ0n) is 12.2. The summed E-state index contributed by atoms with van der Waals surface area (Å²) in [6.07, 6.45) is 5.94. The van der Waals surface area contributed by atoms with Crippen molar-refractivity contribution in [3.8, 4) is 6.07 Å². The number of rotatable bonds is 3. The molecule has 2 nitrogen and oxygen atoms in total. The van der Waals surface area contributed by atoms with Crippen LogP contribution in [0.4, 0.5) is 0 Å². The highest BCUT2D eigenvalue weighted by Crippen LogP contribution is 2.29. The Bertz CT molecular complexity index is 458. The minimum atomic E-state index is 0.185. The summed E-state index contributed by atoms with van der Waals surface area (Å²) in [5, 5.41) is 13.1. The van der Waals surface area contributed by atoms with Crippen molar-refractivity contribution in [1.82, 2.24) is 5.32 Å². The first kappa shape index (κ1) is 14.6. The molecule has 3 atom stereocenters. The topological polar surface area (TPSA) is 35.8 Å². The molecule has 1 aromatic rings. The normalized spacial score (nSPS) is 25.6. The molecule has 1 aliphatic carbocycles. The van der Waals surface area contributed by atoms with Crippen molar-refractivity contribution in [1.29, 1.82) is 5.26 Å². The summed E-state index contributed by atoms with van der Waals surface area (Å²) in [6.45, 7) is 6.59. The van der Waals surface area contributed by atoms with Gasteiger partial charge >= 0.3 is 0 Å². The Kier molecular flexibility index (Phi) is 5.01. The third-order valence-electron chi connectivity index (χ3n) is 4.19. The summed E-state index contributed by atoms with van der Waals surface area (Å²) in [7, 11) is 0. The van der Waals surface area contributed by atoms with E-state index in [1.165, 1.54) is 34.6 Å². The molecule has 1 N–H and O–H groups in total. The van der Waals surface area contributed by atoms with Gasteiger partial charge in [0, 0.05) is 21.8 Å². The molecule has 1 fully saturated rings. The van der Waals surface area contributed by atoms with Crippen LogP contribution in [0.25, 0.3) is 0 Å². The van der Waals surface area contributed by atoms with Crippen molar-refractivity contribution in [2.75, 3.05) is 0 Å². The molecule has 19 heavy (non-hydrogen) atoms. The second-order valence-electron chi connectivity index (χ2n) is 5.74. The summed E-state index contributed by atoms with van der Waals surface area (Å²) >= 11 is 1.87. The lowest BCUT2D eigenvalue weighted by atomic mass is 9.95. The average molecular weight is 276 g/mol. The van der Waals surface area contributed by atoms with Gasteiger partial charge < -0.3 is 5.32 Å². The molecule has 104 valence electrons. The van der Waals surface area contributed by atoms with Crippen molar-refractivity contribution >= 4 is 11.3 Å². The standard InChI is InChI=1S/C16H24N2S/c1-11-9-15(13(3)19-11)12(2)18-16-8-6-4-5-7-14(16)10-17/h9,12,14,16,18H,4-8H2,1-3H3. The average Bonchev–Trinajstić information content (AvgIpc) is 2.60. The number of thiophene rings is 1. The molecule has 0 spiro atoms. The molecule has 1 aromatic heterocycles. The maximum Gasteiger partial charge on any atom is 0.0672 e. The quantitative estimate of drug-likeness (QED) is 0.826. The van der Waals surface area contributed by atoms with Gasteiger partial charge in [-0.05, 0) is 45.2 Å². The zero-order chi connectivity index (χ0) is 13.8. The van der Waals surface area contributed by atoms with Crippen molar-refractivity contribution in [2.24, 2.45) is 5.92 Å². The number of aryl methyl sites for hydroxylation is 2. The first-order valence-corrected chi connectivity index (χ1v) is 8.16. The zero-order valence-corrected chi connectivity index (χ0v) is 13.0. The molecule has 0 bridgehead atoms. The Morgan fingerprint density at radius 3 is 2.68 bits per heavy atom. The number of nitrogens with one attached hydrogen (secondary N) is 1. The SMILES string of the molecule is Cc1cc(C(C)NC2CCCCCC2C#N)c(C)s1. The van der Waals surface area contributed by atoms with Crippen LogP contribution < -0.4 is 5.32 Å². The van der Waals surface area contributed by atoms with Crippen molar-refractivity contribution in [2.45, 2.75) is 65.0 Å². The molecule has 0 aromatic carbocycles. The Balaban J connectivity index is 2.06. The third-order valence-corrected chi connectivity index (χ3v) is 5.17. The fourth-order valence-electron chi connectivity index (χ4n) is 3.15. The van der Waals surface area contributed by atoms with E-state index in [0.29, 0.717) is 12.1 Å². The van der Waals surface area contributed by atoms with Crippen LogP contribution in [0.1, 0.15) is 60.4 Å². The second-order valence-corrected chi connectivity index (χ2v) is 7.20. The molecule has 0 aliphatic heterocycles. The highest BCUT2D eigenvalue weighted by atomic mass is 32.1. The van der Waals surface area contributed by atoms with Gasteiger partial charge in [-0.15, -0.1) is 11.3 Å². The van der Waals surface area contributed by atoms with Gasteiger partial charge in [-0.2, -0.15) is 5.26 Å². The van der Waals surface area contributed by atoms with Crippen LogP contribution in [0.3, 0.4) is 0 Å². The molecule has 1 heterocycles. The van der Waals surface area contributed by atoms with E-state index in [4.69, 9.17) is 0 Å². The third kappa shape index (κ3) is 3.58. The van der Waals surface area contributed by atoms with Crippen LogP contribution in [0.5, 0.6) is 0 Å². The van der Waals surface area contributed by atoms with E-state index in [-0.39, 0.29) is 5.92 Å². The smallest absolute Gasteiger partial charge is 0.0672 e. The van der Waals surface area contributed by atoms with Gasteiger partial charge in [0.15, 0.2) is 0 Å². The van der Waals surface area contributed by atoms with Crippen LogP contribution in [-0.2, 0) is 0 Å². The van der Waals surface area contributed by atoms with Gasteiger partial charge in [-0.25, -0.2) is 0 Å². The minimum Gasteiger partial charge on any atom is -0.306 e.